The molecule has 1 aromatic carbocycles. The van der Waals surface area contributed by atoms with Crippen LogP contribution in [0.25, 0.3) is 6.08 Å². The zero-order valence-corrected chi connectivity index (χ0v) is 12.3. The minimum Gasteiger partial charge on any atom is -0.444 e. The SMILES string of the molecule is C=Cc1ccc(CCN(C)C(=O)OC(C)(C)C)cc1. The van der Waals surface area contributed by atoms with Crippen molar-refractivity contribution in [3.05, 3.63) is 42.0 Å². The number of amides is 1. The second kappa shape index (κ2) is 6.41. The molecule has 1 aromatic rings. The Balaban J connectivity index is 2.46. The van der Waals surface area contributed by atoms with Crippen LogP contribution in [0.2, 0.25) is 0 Å². The predicted molar refractivity (Wildman–Crippen MR) is 79.1 cm³/mol. The molecule has 0 fully saturated rings. The fourth-order valence-corrected chi connectivity index (χ4v) is 1.55. The lowest BCUT2D eigenvalue weighted by Crippen LogP contribution is -2.35. The van der Waals surface area contributed by atoms with Crippen molar-refractivity contribution in [1.82, 2.24) is 4.90 Å². The topological polar surface area (TPSA) is 29.5 Å². The van der Waals surface area contributed by atoms with Crippen molar-refractivity contribution in [2.24, 2.45) is 0 Å². The van der Waals surface area contributed by atoms with Crippen molar-refractivity contribution in [1.29, 1.82) is 0 Å². The van der Waals surface area contributed by atoms with E-state index in [1.807, 2.05) is 39.0 Å². The highest BCUT2D eigenvalue weighted by Gasteiger charge is 2.19. The largest absolute Gasteiger partial charge is 0.444 e. The van der Waals surface area contributed by atoms with Crippen LogP contribution in [0, 0.1) is 0 Å². The average Bonchev–Trinajstić information content (AvgIpc) is 2.34. The summed E-state index contributed by atoms with van der Waals surface area (Å²) in [4.78, 5) is 13.4. The zero-order chi connectivity index (χ0) is 14.5. The number of nitrogens with zero attached hydrogens (tertiary/aromatic N) is 1. The van der Waals surface area contributed by atoms with Crippen molar-refractivity contribution in [2.75, 3.05) is 13.6 Å². The second-order valence-corrected chi connectivity index (χ2v) is 5.60. The third-order valence-electron chi connectivity index (χ3n) is 2.66. The summed E-state index contributed by atoms with van der Waals surface area (Å²) >= 11 is 0. The van der Waals surface area contributed by atoms with Gasteiger partial charge in [-0.2, -0.15) is 0 Å². The van der Waals surface area contributed by atoms with Crippen LogP contribution < -0.4 is 0 Å². The minimum atomic E-state index is -0.447. The molecule has 3 heteroatoms. The maximum Gasteiger partial charge on any atom is 0.410 e. The molecule has 0 saturated heterocycles. The quantitative estimate of drug-likeness (QED) is 0.826. The summed E-state index contributed by atoms with van der Waals surface area (Å²) in [5.41, 5.74) is 1.85. The van der Waals surface area contributed by atoms with Crippen LogP contribution in [-0.4, -0.2) is 30.2 Å². The monoisotopic (exact) mass is 261 g/mol. The molecule has 0 saturated carbocycles. The van der Waals surface area contributed by atoms with Crippen molar-refractivity contribution in [3.63, 3.8) is 0 Å². The summed E-state index contributed by atoms with van der Waals surface area (Å²) in [6.07, 6.45) is 2.35. The Hall–Kier alpha value is -1.77. The van der Waals surface area contributed by atoms with Crippen LogP contribution in [0.15, 0.2) is 30.8 Å². The van der Waals surface area contributed by atoms with E-state index in [2.05, 4.69) is 18.7 Å². The molecule has 19 heavy (non-hydrogen) atoms. The van der Waals surface area contributed by atoms with Crippen molar-refractivity contribution in [2.45, 2.75) is 32.8 Å². The Kier molecular flexibility index (Phi) is 5.16. The molecule has 0 unspecified atom stereocenters. The van der Waals surface area contributed by atoms with Gasteiger partial charge >= 0.3 is 6.09 Å². The zero-order valence-electron chi connectivity index (χ0n) is 12.3. The van der Waals surface area contributed by atoms with Gasteiger partial charge < -0.3 is 9.64 Å². The van der Waals surface area contributed by atoms with Gasteiger partial charge in [-0.25, -0.2) is 4.79 Å². The first-order chi connectivity index (χ1) is 8.81. The molecule has 0 spiro atoms. The van der Waals surface area contributed by atoms with E-state index in [-0.39, 0.29) is 6.09 Å². The first-order valence-corrected chi connectivity index (χ1v) is 6.47. The molecule has 0 aromatic heterocycles. The van der Waals surface area contributed by atoms with E-state index >= 15 is 0 Å². The van der Waals surface area contributed by atoms with E-state index in [0.29, 0.717) is 6.54 Å². The Morgan fingerprint density at radius 1 is 1.32 bits per heavy atom. The molecule has 0 heterocycles. The van der Waals surface area contributed by atoms with Crippen LogP contribution in [0.1, 0.15) is 31.9 Å². The summed E-state index contributed by atoms with van der Waals surface area (Å²) in [6.45, 7) is 9.97. The summed E-state index contributed by atoms with van der Waals surface area (Å²) in [5, 5.41) is 0. The number of rotatable bonds is 4. The minimum absolute atomic E-state index is 0.282. The van der Waals surface area contributed by atoms with Crippen LogP contribution >= 0.6 is 0 Å². The maximum atomic E-state index is 11.8. The summed E-state index contributed by atoms with van der Waals surface area (Å²) in [7, 11) is 1.76. The molecule has 1 rings (SSSR count). The fraction of sp³-hybridized carbons (Fsp3) is 0.438. The lowest BCUT2D eigenvalue weighted by molar-refractivity contribution is 0.0301. The molecule has 1 amide bonds. The van der Waals surface area contributed by atoms with Gasteiger partial charge in [0.25, 0.3) is 0 Å². The van der Waals surface area contributed by atoms with E-state index < -0.39 is 5.60 Å². The fourth-order valence-electron chi connectivity index (χ4n) is 1.55. The number of ether oxygens (including phenoxy) is 1. The van der Waals surface area contributed by atoms with Gasteiger partial charge in [0.1, 0.15) is 5.60 Å². The van der Waals surface area contributed by atoms with Crippen LogP contribution in [0.5, 0.6) is 0 Å². The molecular weight excluding hydrogens is 238 g/mol. The van der Waals surface area contributed by atoms with E-state index in [0.717, 1.165) is 12.0 Å². The Morgan fingerprint density at radius 2 is 1.89 bits per heavy atom. The maximum absolute atomic E-state index is 11.8. The molecular formula is C16H23NO2. The van der Waals surface area contributed by atoms with Gasteiger partial charge in [-0.1, -0.05) is 36.9 Å². The highest BCUT2D eigenvalue weighted by Crippen LogP contribution is 2.10. The number of carbonyl (C=O) groups is 1. The summed E-state index contributed by atoms with van der Waals surface area (Å²) in [5.74, 6) is 0. The van der Waals surface area contributed by atoms with Gasteiger partial charge in [-0.05, 0) is 38.3 Å². The van der Waals surface area contributed by atoms with Gasteiger partial charge in [-0.3, -0.25) is 0 Å². The van der Waals surface area contributed by atoms with E-state index in [1.54, 1.807) is 11.9 Å². The Morgan fingerprint density at radius 3 is 2.37 bits per heavy atom. The molecule has 0 aliphatic heterocycles. The predicted octanol–water partition coefficient (Wildman–Crippen LogP) is 3.74. The van der Waals surface area contributed by atoms with Crippen LogP contribution in [0.4, 0.5) is 4.79 Å². The number of benzene rings is 1. The van der Waals surface area contributed by atoms with Crippen LogP contribution in [-0.2, 0) is 11.2 Å². The number of hydrogen-bond acceptors (Lipinski definition) is 2. The average molecular weight is 261 g/mol. The van der Waals surface area contributed by atoms with E-state index in [1.165, 1.54) is 5.56 Å². The highest BCUT2D eigenvalue weighted by atomic mass is 16.6. The highest BCUT2D eigenvalue weighted by molar-refractivity contribution is 5.67. The van der Waals surface area contributed by atoms with Crippen molar-refractivity contribution < 1.29 is 9.53 Å². The Labute approximate surface area is 115 Å². The van der Waals surface area contributed by atoms with E-state index in [4.69, 9.17) is 4.74 Å². The normalized spacial score (nSPS) is 10.9. The van der Waals surface area contributed by atoms with Gasteiger partial charge in [-0.15, -0.1) is 0 Å². The molecule has 0 radical (unpaired) electrons. The summed E-state index contributed by atoms with van der Waals surface area (Å²) in [6, 6.07) is 8.16. The lowest BCUT2D eigenvalue weighted by Gasteiger charge is -2.24. The Bertz CT molecular complexity index is 429. The van der Waals surface area contributed by atoms with Gasteiger partial charge in [0.05, 0.1) is 0 Å². The van der Waals surface area contributed by atoms with Gasteiger partial charge in [0, 0.05) is 13.6 Å². The van der Waals surface area contributed by atoms with Gasteiger partial charge in [0.2, 0.25) is 0 Å². The molecule has 0 atom stereocenters. The number of carbonyl (C=O) groups excluding carboxylic acids is 1. The standard InChI is InChI=1S/C16H23NO2/c1-6-13-7-9-14(10-8-13)11-12-17(5)15(18)19-16(2,3)4/h6-10H,1,11-12H2,2-5H3. The molecule has 0 aliphatic carbocycles. The van der Waals surface area contributed by atoms with Crippen molar-refractivity contribution in [3.8, 4) is 0 Å². The third-order valence-corrected chi connectivity index (χ3v) is 2.66. The molecule has 0 N–H and O–H groups in total. The number of likely N-dealkylation sites (N-methyl/N-ethyl adjacent to an activating group) is 1. The van der Waals surface area contributed by atoms with E-state index in [9.17, 15) is 4.79 Å². The molecule has 104 valence electrons. The number of hydrogen-bond donors (Lipinski definition) is 0. The third kappa shape index (κ3) is 5.60. The molecule has 0 bridgehead atoms. The van der Waals surface area contributed by atoms with Crippen molar-refractivity contribution >= 4 is 12.2 Å². The first-order valence-electron chi connectivity index (χ1n) is 6.47. The van der Waals surface area contributed by atoms with Gasteiger partial charge in [0.15, 0.2) is 0 Å². The van der Waals surface area contributed by atoms with Crippen LogP contribution in [0.3, 0.4) is 0 Å². The second-order valence-electron chi connectivity index (χ2n) is 5.60. The lowest BCUT2D eigenvalue weighted by atomic mass is 10.1. The summed E-state index contributed by atoms with van der Waals surface area (Å²) < 4.78 is 5.30. The molecule has 0 aliphatic rings. The first kappa shape index (κ1) is 15.3. The molecule has 3 nitrogen and oxygen atoms in total. The smallest absolute Gasteiger partial charge is 0.410 e.